The van der Waals surface area contributed by atoms with Crippen LogP contribution < -0.4 is 0 Å². The molecule has 23 heavy (non-hydrogen) atoms. The molecule has 1 aliphatic heterocycles. The molecular weight excluding hydrogens is 300 g/mol. The van der Waals surface area contributed by atoms with Gasteiger partial charge in [0.1, 0.15) is 11.7 Å². The summed E-state index contributed by atoms with van der Waals surface area (Å²) in [5.41, 5.74) is 0.728. The van der Waals surface area contributed by atoms with E-state index in [1.807, 2.05) is 20.8 Å². The first-order chi connectivity index (χ1) is 10.5. The molecule has 1 heterocycles. The van der Waals surface area contributed by atoms with Gasteiger partial charge in [0.2, 0.25) is 6.29 Å². The van der Waals surface area contributed by atoms with Crippen LogP contribution in [0.15, 0.2) is 24.3 Å². The van der Waals surface area contributed by atoms with Crippen molar-refractivity contribution >= 4 is 6.16 Å². The van der Waals surface area contributed by atoms with Crippen molar-refractivity contribution in [2.45, 2.75) is 78.2 Å². The van der Waals surface area contributed by atoms with Gasteiger partial charge in [-0.2, -0.15) is 9.78 Å². The number of carbonyl (C=O) groups excluding carboxylic acids is 1. The lowest BCUT2D eigenvalue weighted by molar-refractivity contribution is -0.154. The summed E-state index contributed by atoms with van der Waals surface area (Å²) in [4.78, 5) is 22.0. The highest BCUT2D eigenvalue weighted by Crippen LogP contribution is 2.43. The first kappa shape index (κ1) is 19.7. The molecule has 1 rings (SSSR count). The predicted octanol–water partition coefficient (Wildman–Crippen LogP) is 4.26. The van der Waals surface area contributed by atoms with E-state index in [9.17, 15) is 4.79 Å². The van der Waals surface area contributed by atoms with Gasteiger partial charge in [-0.1, -0.05) is 26.5 Å². The molecule has 0 aromatic heterocycles. The lowest BCUT2D eigenvalue weighted by Crippen LogP contribution is -2.38. The van der Waals surface area contributed by atoms with E-state index in [1.54, 1.807) is 20.8 Å². The Kier molecular flexibility index (Phi) is 6.39. The quantitative estimate of drug-likeness (QED) is 0.207. The molecule has 132 valence electrons. The number of ether oxygens (including phenoxy) is 3. The fraction of sp³-hybridized carbons (Fsp3) is 0.706. The summed E-state index contributed by atoms with van der Waals surface area (Å²) in [5.74, 6) is -1.06. The van der Waals surface area contributed by atoms with E-state index in [2.05, 4.69) is 13.2 Å². The van der Waals surface area contributed by atoms with Gasteiger partial charge in [-0.15, -0.1) is 0 Å². The Bertz CT molecular complexity index is 464. The lowest BCUT2D eigenvalue weighted by atomic mass is 9.99. The van der Waals surface area contributed by atoms with Gasteiger partial charge < -0.3 is 14.2 Å². The van der Waals surface area contributed by atoms with Crippen molar-refractivity contribution in [1.29, 1.82) is 0 Å². The SMILES string of the molecule is C=C(C)C(OC(C)OC(=O)OC(C)(C)CCC)C1(C(=C)C)OO1. The molecule has 0 bridgehead atoms. The average molecular weight is 328 g/mol. The van der Waals surface area contributed by atoms with E-state index in [0.717, 1.165) is 12.8 Å². The number of rotatable bonds is 9. The molecule has 6 heteroatoms. The van der Waals surface area contributed by atoms with Crippen LogP contribution >= 0.6 is 0 Å². The summed E-state index contributed by atoms with van der Waals surface area (Å²) in [5, 5.41) is 0. The van der Waals surface area contributed by atoms with Crippen molar-refractivity contribution in [1.82, 2.24) is 0 Å². The van der Waals surface area contributed by atoms with Crippen molar-refractivity contribution < 1.29 is 28.8 Å². The van der Waals surface area contributed by atoms with Gasteiger partial charge >= 0.3 is 6.16 Å². The zero-order valence-corrected chi connectivity index (χ0v) is 14.9. The van der Waals surface area contributed by atoms with Crippen LogP contribution in [-0.4, -0.2) is 29.9 Å². The molecule has 6 nitrogen and oxygen atoms in total. The average Bonchev–Trinajstić information content (AvgIpc) is 3.15. The van der Waals surface area contributed by atoms with Crippen LogP contribution in [0.1, 0.15) is 54.4 Å². The zero-order chi connectivity index (χ0) is 17.8. The minimum Gasteiger partial charge on any atom is -0.428 e. The Hall–Kier alpha value is -1.37. The topological polar surface area (TPSA) is 69.8 Å². The predicted molar refractivity (Wildman–Crippen MR) is 85.4 cm³/mol. The van der Waals surface area contributed by atoms with Gasteiger partial charge in [-0.25, -0.2) is 4.79 Å². The highest BCUT2D eigenvalue weighted by Gasteiger charge is 2.58. The summed E-state index contributed by atoms with van der Waals surface area (Å²) in [6, 6.07) is 0. The van der Waals surface area contributed by atoms with Crippen molar-refractivity contribution in [2.24, 2.45) is 0 Å². The monoisotopic (exact) mass is 328 g/mol. The maximum Gasteiger partial charge on any atom is 0.511 e. The van der Waals surface area contributed by atoms with Gasteiger partial charge in [-0.05, 0) is 52.2 Å². The van der Waals surface area contributed by atoms with E-state index in [1.165, 1.54) is 0 Å². The molecule has 1 saturated heterocycles. The van der Waals surface area contributed by atoms with E-state index in [4.69, 9.17) is 24.0 Å². The highest BCUT2D eigenvalue weighted by atomic mass is 17.4. The molecule has 0 N–H and O–H groups in total. The third-order valence-electron chi connectivity index (χ3n) is 3.45. The minimum atomic E-state index is -1.06. The maximum atomic E-state index is 11.9. The first-order valence-electron chi connectivity index (χ1n) is 7.77. The van der Waals surface area contributed by atoms with E-state index < -0.39 is 29.9 Å². The second kappa shape index (κ2) is 7.47. The Balaban J connectivity index is 2.60. The molecule has 0 amide bonds. The second-order valence-electron chi connectivity index (χ2n) is 6.52. The summed E-state index contributed by atoms with van der Waals surface area (Å²) in [6.45, 7) is 18.5. The Morgan fingerprint density at radius 3 is 2.22 bits per heavy atom. The third-order valence-corrected chi connectivity index (χ3v) is 3.45. The Labute approximate surface area is 138 Å². The highest BCUT2D eigenvalue weighted by molar-refractivity contribution is 5.60. The fourth-order valence-corrected chi connectivity index (χ4v) is 2.29. The van der Waals surface area contributed by atoms with Crippen LogP contribution in [-0.2, 0) is 24.0 Å². The van der Waals surface area contributed by atoms with Crippen LogP contribution in [0, 0.1) is 0 Å². The van der Waals surface area contributed by atoms with Gasteiger partial charge in [-0.3, -0.25) is 0 Å². The molecule has 2 atom stereocenters. The first-order valence-corrected chi connectivity index (χ1v) is 7.77. The minimum absolute atomic E-state index is 0.582. The molecule has 1 fully saturated rings. The number of carbonyl (C=O) groups is 1. The molecule has 0 spiro atoms. The van der Waals surface area contributed by atoms with Gasteiger partial charge in [0.05, 0.1) is 0 Å². The van der Waals surface area contributed by atoms with E-state index >= 15 is 0 Å². The largest absolute Gasteiger partial charge is 0.511 e. The lowest BCUT2D eigenvalue weighted by Gasteiger charge is -2.27. The van der Waals surface area contributed by atoms with Crippen molar-refractivity contribution in [3.8, 4) is 0 Å². The molecular formula is C17H28O6. The van der Waals surface area contributed by atoms with E-state index in [0.29, 0.717) is 11.1 Å². The maximum absolute atomic E-state index is 11.9. The second-order valence-corrected chi connectivity index (χ2v) is 6.52. The Morgan fingerprint density at radius 2 is 1.83 bits per heavy atom. The van der Waals surface area contributed by atoms with Crippen molar-refractivity contribution in [3.05, 3.63) is 24.3 Å². The number of hydrogen-bond donors (Lipinski definition) is 0. The molecule has 1 aliphatic rings. The zero-order valence-electron chi connectivity index (χ0n) is 14.9. The molecule has 0 saturated carbocycles. The van der Waals surface area contributed by atoms with Gasteiger partial charge in [0.15, 0.2) is 0 Å². The molecule has 0 radical (unpaired) electrons. The van der Waals surface area contributed by atoms with Crippen LogP contribution in [0.2, 0.25) is 0 Å². The molecule has 0 aromatic rings. The molecule has 2 unspecified atom stereocenters. The number of hydrogen-bond acceptors (Lipinski definition) is 6. The van der Waals surface area contributed by atoms with Crippen LogP contribution in [0.3, 0.4) is 0 Å². The van der Waals surface area contributed by atoms with Crippen molar-refractivity contribution in [3.63, 3.8) is 0 Å². The summed E-state index contributed by atoms with van der Waals surface area (Å²) in [7, 11) is 0. The standard InChI is InChI=1S/C17H28O6/c1-9-10-16(7,8)21-15(18)20-13(6)19-14(11(2)3)17(12(4)5)22-23-17/h13-14H,2,4,9-10H2,1,3,5-8H3. The van der Waals surface area contributed by atoms with Crippen LogP contribution in [0.4, 0.5) is 4.79 Å². The summed E-state index contributed by atoms with van der Waals surface area (Å²) in [6.07, 6.45) is -0.623. The van der Waals surface area contributed by atoms with Crippen LogP contribution in [0.5, 0.6) is 0 Å². The molecule has 0 aromatic carbocycles. The normalized spacial score (nSPS) is 18.7. The summed E-state index contributed by atoms with van der Waals surface area (Å²) >= 11 is 0. The third kappa shape index (κ3) is 5.34. The summed E-state index contributed by atoms with van der Waals surface area (Å²) < 4.78 is 16.2. The van der Waals surface area contributed by atoms with Crippen LogP contribution in [0.25, 0.3) is 0 Å². The van der Waals surface area contributed by atoms with E-state index in [-0.39, 0.29) is 0 Å². The smallest absolute Gasteiger partial charge is 0.428 e. The molecule has 0 aliphatic carbocycles. The van der Waals surface area contributed by atoms with Gasteiger partial charge in [0.25, 0.3) is 5.79 Å². The van der Waals surface area contributed by atoms with Crippen molar-refractivity contribution in [2.75, 3.05) is 0 Å². The fourth-order valence-electron chi connectivity index (χ4n) is 2.29. The Morgan fingerprint density at radius 1 is 1.26 bits per heavy atom. The van der Waals surface area contributed by atoms with Gasteiger partial charge in [0, 0.05) is 0 Å².